The molecule has 2 aliphatic rings. The topological polar surface area (TPSA) is 91.3 Å². The Morgan fingerprint density at radius 3 is 2.53 bits per heavy atom. The number of rotatable bonds is 5. The normalized spacial score (nSPS) is 21.5. The minimum absolute atomic E-state index is 0.0327. The van der Waals surface area contributed by atoms with Crippen molar-refractivity contribution in [3.05, 3.63) is 29.6 Å². The molecular formula is C23H32N6O. The molecule has 2 atom stereocenters. The molecule has 4 rings (SSSR count). The summed E-state index contributed by atoms with van der Waals surface area (Å²) in [5.41, 5.74) is 1.93. The number of nitrogens with zero attached hydrogens (tertiary/aromatic N) is 3. The molecule has 0 radical (unpaired) electrons. The fraction of sp³-hybridized carbons (Fsp3) is 0.565. The third-order valence-corrected chi connectivity index (χ3v) is 5.79. The Kier molecular flexibility index (Phi) is 6.16. The minimum atomic E-state index is -0.242. The number of amides is 1. The van der Waals surface area contributed by atoms with Gasteiger partial charge in [0.15, 0.2) is 0 Å². The van der Waals surface area contributed by atoms with E-state index in [1.807, 2.05) is 26.0 Å². The number of amidine groups is 1. The number of anilines is 1. The lowest BCUT2D eigenvalue weighted by Crippen LogP contribution is -2.48. The average molecular weight is 409 g/mol. The number of aryl methyl sites for hydroxylation is 1. The van der Waals surface area contributed by atoms with Gasteiger partial charge in [0.2, 0.25) is 5.82 Å². The van der Waals surface area contributed by atoms with E-state index in [1.54, 1.807) is 0 Å². The van der Waals surface area contributed by atoms with Gasteiger partial charge in [-0.1, -0.05) is 24.5 Å². The Balaban J connectivity index is 1.65. The molecule has 30 heavy (non-hydrogen) atoms. The van der Waals surface area contributed by atoms with Crippen LogP contribution in [0.3, 0.4) is 0 Å². The molecule has 1 aliphatic heterocycles. The first-order valence-corrected chi connectivity index (χ1v) is 11.2. The van der Waals surface area contributed by atoms with Crippen LogP contribution in [0.5, 0.6) is 0 Å². The molecule has 1 aliphatic carbocycles. The Hall–Kier alpha value is -2.70. The van der Waals surface area contributed by atoms with Crippen LogP contribution in [0.4, 0.5) is 5.82 Å². The first-order valence-electron chi connectivity index (χ1n) is 11.2. The summed E-state index contributed by atoms with van der Waals surface area (Å²) in [6.07, 6.45) is 6.75. The van der Waals surface area contributed by atoms with Gasteiger partial charge in [0.1, 0.15) is 5.82 Å². The molecule has 1 aromatic heterocycles. The van der Waals surface area contributed by atoms with Crippen LogP contribution in [0.15, 0.2) is 23.2 Å². The summed E-state index contributed by atoms with van der Waals surface area (Å²) in [5.74, 6) is 1.84. The van der Waals surface area contributed by atoms with Gasteiger partial charge in [-0.25, -0.2) is 9.97 Å². The molecular weight excluding hydrogens is 376 g/mol. The van der Waals surface area contributed by atoms with Crippen LogP contribution in [-0.2, 0) is 0 Å². The number of aliphatic imine (C=N–C) groups is 1. The lowest BCUT2D eigenvalue weighted by Gasteiger charge is -2.34. The Morgan fingerprint density at radius 2 is 1.83 bits per heavy atom. The zero-order valence-corrected chi connectivity index (χ0v) is 18.2. The second kappa shape index (κ2) is 8.98. The highest BCUT2D eigenvalue weighted by Crippen LogP contribution is 2.27. The molecule has 1 aromatic carbocycles. The molecule has 0 bridgehead atoms. The first kappa shape index (κ1) is 20.6. The van der Waals surface area contributed by atoms with Crippen molar-refractivity contribution < 1.29 is 4.79 Å². The molecule has 1 amide bonds. The summed E-state index contributed by atoms with van der Waals surface area (Å²) < 4.78 is 0. The smallest absolute Gasteiger partial charge is 0.289 e. The van der Waals surface area contributed by atoms with E-state index < -0.39 is 0 Å². The van der Waals surface area contributed by atoms with Crippen molar-refractivity contribution in [2.24, 2.45) is 4.99 Å². The summed E-state index contributed by atoms with van der Waals surface area (Å²) in [4.78, 5) is 26.4. The Bertz CT molecular complexity index is 954. The van der Waals surface area contributed by atoms with Gasteiger partial charge < -0.3 is 16.0 Å². The van der Waals surface area contributed by atoms with Crippen LogP contribution < -0.4 is 16.0 Å². The van der Waals surface area contributed by atoms with E-state index in [9.17, 15) is 4.79 Å². The number of hydrogen-bond donors (Lipinski definition) is 3. The molecule has 2 aromatic rings. The van der Waals surface area contributed by atoms with E-state index in [0.717, 1.165) is 60.3 Å². The number of carbonyl (C=O) groups is 1. The molecule has 0 spiro atoms. The average Bonchev–Trinajstić information content (AvgIpc) is 3.22. The Morgan fingerprint density at radius 1 is 1.07 bits per heavy atom. The minimum Gasteiger partial charge on any atom is -0.369 e. The molecule has 2 heterocycles. The second-order valence-electron chi connectivity index (χ2n) is 8.76. The standard InChI is InChI=1S/C23H32N6O/c1-14(2)25-23(30)22-27-17-11-10-15(3)13-16(17)21(29-22)28-19-8-5-4-7-18(19)26-20-9-6-12-24-20/h10-11,13-14,18-19H,4-9,12H2,1-3H3,(H,24,26)(H,25,30)(H,27,28,29)/t18-,19+/m1/s1. The van der Waals surface area contributed by atoms with Gasteiger partial charge in [0.05, 0.1) is 11.4 Å². The van der Waals surface area contributed by atoms with Crippen LogP contribution in [-0.4, -0.2) is 46.4 Å². The maximum Gasteiger partial charge on any atom is 0.289 e. The molecule has 1 saturated carbocycles. The Labute approximate surface area is 178 Å². The number of hydrogen-bond acceptors (Lipinski definition) is 6. The van der Waals surface area contributed by atoms with Gasteiger partial charge in [-0.15, -0.1) is 0 Å². The first-order chi connectivity index (χ1) is 14.5. The van der Waals surface area contributed by atoms with Gasteiger partial charge in [-0.05, 0) is 52.2 Å². The van der Waals surface area contributed by atoms with E-state index >= 15 is 0 Å². The lowest BCUT2D eigenvalue weighted by molar-refractivity contribution is 0.0933. The highest BCUT2D eigenvalue weighted by atomic mass is 16.2. The summed E-state index contributed by atoms with van der Waals surface area (Å²) >= 11 is 0. The van der Waals surface area contributed by atoms with E-state index in [2.05, 4.69) is 43.9 Å². The van der Waals surface area contributed by atoms with Gasteiger partial charge in [-0.3, -0.25) is 9.79 Å². The third-order valence-electron chi connectivity index (χ3n) is 5.79. The van der Waals surface area contributed by atoms with Gasteiger partial charge >= 0.3 is 0 Å². The SMILES string of the molecule is Cc1ccc2nc(C(=O)NC(C)C)nc(N[C@H]3CCCC[C@H]3NC3=NCCC3)c2c1. The summed E-state index contributed by atoms with van der Waals surface area (Å²) in [6, 6.07) is 6.67. The zero-order chi connectivity index (χ0) is 21.1. The highest BCUT2D eigenvalue weighted by molar-refractivity contribution is 5.96. The van der Waals surface area contributed by atoms with Crippen molar-refractivity contribution in [1.82, 2.24) is 20.6 Å². The van der Waals surface area contributed by atoms with Crippen LogP contribution in [0.2, 0.25) is 0 Å². The van der Waals surface area contributed by atoms with Crippen LogP contribution in [0, 0.1) is 6.92 Å². The molecule has 3 N–H and O–H groups in total. The van der Waals surface area contributed by atoms with Crippen molar-refractivity contribution in [3.8, 4) is 0 Å². The molecule has 0 unspecified atom stereocenters. The van der Waals surface area contributed by atoms with Crippen LogP contribution in [0.1, 0.15) is 68.6 Å². The van der Waals surface area contributed by atoms with E-state index in [4.69, 9.17) is 0 Å². The zero-order valence-electron chi connectivity index (χ0n) is 18.2. The second-order valence-corrected chi connectivity index (χ2v) is 8.76. The van der Waals surface area contributed by atoms with Gasteiger partial charge in [0.25, 0.3) is 5.91 Å². The summed E-state index contributed by atoms with van der Waals surface area (Å²) in [6.45, 7) is 6.86. The van der Waals surface area contributed by atoms with E-state index in [1.165, 1.54) is 12.8 Å². The number of benzene rings is 1. The molecule has 160 valence electrons. The van der Waals surface area contributed by atoms with Crippen molar-refractivity contribution in [3.63, 3.8) is 0 Å². The third kappa shape index (κ3) is 4.71. The molecule has 1 fully saturated rings. The maximum atomic E-state index is 12.6. The number of aromatic nitrogens is 2. The van der Waals surface area contributed by atoms with Crippen LogP contribution >= 0.6 is 0 Å². The molecule has 7 heteroatoms. The lowest BCUT2D eigenvalue weighted by atomic mass is 9.90. The monoisotopic (exact) mass is 408 g/mol. The quantitative estimate of drug-likeness (QED) is 0.703. The van der Waals surface area contributed by atoms with E-state index in [0.29, 0.717) is 6.04 Å². The molecule has 7 nitrogen and oxygen atoms in total. The van der Waals surface area contributed by atoms with Crippen LogP contribution in [0.25, 0.3) is 10.9 Å². The fourth-order valence-corrected chi connectivity index (χ4v) is 4.30. The number of nitrogens with one attached hydrogen (secondary N) is 3. The van der Waals surface area contributed by atoms with Crippen molar-refractivity contribution >= 4 is 28.5 Å². The predicted molar refractivity (Wildman–Crippen MR) is 121 cm³/mol. The van der Waals surface area contributed by atoms with Gasteiger partial charge in [-0.2, -0.15) is 0 Å². The maximum absolute atomic E-state index is 12.6. The predicted octanol–water partition coefficient (Wildman–Crippen LogP) is 3.58. The summed E-state index contributed by atoms with van der Waals surface area (Å²) in [5, 5.41) is 11.2. The molecule has 0 saturated heterocycles. The van der Waals surface area contributed by atoms with Crippen molar-refractivity contribution in [2.75, 3.05) is 11.9 Å². The number of carbonyl (C=O) groups excluding carboxylic acids is 1. The fourth-order valence-electron chi connectivity index (χ4n) is 4.30. The van der Waals surface area contributed by atoms with Crippen molar-refractivity contribution in [1.29, 1.82) is 0 Å². The van der Waals surface area contributed by atoms with Gasteiger partial charge in [0, 0.05) is 36.5 Å². The number of fused-ring (bicyclic) bond motifs is 1. The largest absolute Gasteiger partial charge is 0.369 e. The summed E-state index contributed by atoms with van der Waals surface area (Å²) in [7, 11) is 0. The van der Waals surface area contributed by atoms with E-state index in [-0.39, 0.29) is 23.8 Å². The highest BCUT2D eigenvalue weighted by Gasteiger charge is 2.28. The van der Waals surface area contributed by atoms with Crippen molar-refractivity contribution in [2.45, 2.75) is 77.4 Å².